The average molecular weight is 250 g/mol. The molecule has 2 aliphatic rings. The van der Waals surface area contributed by atoms with Crippen LogP contribution < -0.4 is 5.32 Å². The van der Waals surface area contributed by atoms with E-state index in [4.69, 9.17) is 0 Å². The summed E-state index contributed by atoms with van der Waals surface area (Å²) in [5.74, 6) is 0.574. The van der Waals surface area contributed by atoms with E-state index in [2.05, 4.69) is 42.3 Å². The fourth-order valence-electron chi connectivity index (χ4n) is 2.50. The highest BCUT2D eigenvalue weighted by atomic mass is 15.2. The van der Waals surface area contributed by atoms with Crippen LogP contribution in [0.1, 0.15) is 25.7 Å². The molecule has 0 spiro atoms. The summed E-state index contributed by atoms with van der Waals surface area (Å²) in [6.45, 7) is 2.93. The number of rotatable bonds is 8. The second-order valence-corrected chi connectivity index (χ2v) is 6.32. The molecule has 0 aliphatic heterocycles. The van der Waals surface area contributed by atoms with Crippen LogP contribution in [0.3, 0.4) is 0 Å². The summed E-state index contributed by atoms with van der Waals surface area (Å²) in [5, 5.41) is 13.3. The van der Waals surface area contributed by atoms with Crippen molar-refractivity contribution in [2.75, 3.05) is 40.8 Å². The molecule has 0 saturated heterocycles. The molecule has 4 heteroatoms. The zero-order valence-electron chi connectivity index (χ0n) is 11.9. The molecule has 0 bridgehead atoms. The second-order valence-electron chi connectivity index (χ2n) is 6.32. The quantitative estimate of drug-likeness (QED) is 0.695. The normalized spacial score (nSPS) is 23.1. The van der Waals surface area contributed by atoms with Crippen LogP contribution in [0, 0.1) is 17.2 Å². The van der Waals surface area contributed by atoms with Gasteiger partial charge in [-0.1, -0.05) is 0 Å². The Balaban J connectivity index is 1.89. The van der Waals surface area contributed by atoms with Gasteiger partial charge < -0.3 is 9.80 Å². The van der Waals surface area contributed by atoms with E-state index in [0.717, 1.165) is 19.6 Å². The molecule has 0 aromatic rings. The van der Waals surface area contributed by atoms with E-state index in [0.29, 0.717) is 12.0 Å². The fourth-order valence-corrected chi connectivity index (χ4v) is 2.50. The Morgan fingerprint density at radius 3 is 2.28 bits per heavy atom. The molecule has 1 N–H and O–H groups in total. The van der Waals surface area contributed by atoms with E-state index in [1.807, 2.05) is 0 Å². The van der Waals surface area contributed by atoms with Crippen LogP contribution in [0.4, 0.5) is 0 Å². The number of hydrogen-bond donors (Lipinski definition) is 1. The van der Waals surface area contributed by atoms with Gasteiger partial charge in [-0.2, -0.15) is 5.26 Å². The van der Waals surface area contributed by atoms with Gasteiger partial charge in [0, 0.05) is 25.7 Å². The number of hydrogen-bond acceptors (Lipinski definition) is 4. The maximum Gasteiger partial charge on any atom is 0.122 e. The molecule has 18 heavy (non-hydrogen) atoms. The number of likely N-dealkylation sites (N-methyl/N-ethyl adjacent to an activating group) is 2. The van der Waals surface area contributed by atoms with Crippen molar-refractivity contribution in [1.82, 2.24) is 15.1 Å². The minimum Gasteiger partial charge on any atom is -0.308 e. The van der Waals surface area contributed by atoms with E-state index in [-0.39, 0.29) is 5.54 Å². The lowest BCUT2D eigenvalue weighted by atomic mass is 9.94. The monoisotopic (exact) mass is 250 g/mol. The molecule has 2 aliphatic carbocycles. The third-order valence-electron chi connectivity index (χ3n) is 3.96. The zero-order valence-corrected chi connectivity index (χ0v) is 11.9. The lowest BCUT2D eigenvalue weighted by Crippen LogP contribution is -2.55. The fraction of sp³-hybridized carbons (Fsp3) is 0.929. The predicted molar refractivity (Wildman–Crippen MR) is 73.3 cm³/mol. The first-order valence-electron chi connectivity index (χ1n) is 7.08. The van der Waals surface area contributed by atoms with Crippen molar-refractivity contribution in [3.05, 3.63) is 0 Å². The minimum atomic E-state index is -0.289. The van der Waals surface area contributed by atoms with Gasteiger partial charge in [-0.15, -0.1) is 0 Å². The molecule has 2 saturated carbocycles. The van der Waals surface area contributed by atoms with Crippen molar-refractivity contribution in [2.45, 2.75) is 37.3 Å². The van der Waals surface area contributed by atoms with Crippen LogP contribution in [0.5, 0.6) is 0 Å². The highest BCUT2D eigenvalue weighted by Crippen LogP contribution is 2.41. The van der Waals surface area contributed by atoms with Crippen LogP contribution in [0.15, 0.2) is 0 Å². The van der Waals surface area contributed by atoms with Gasteiger partial charge in [0.1, 0.15) is 5.54 Å². The van der Waals surface area contributed by atoms with Crippen LogP contribution in [0.25, 0.3) is 0 Å². The van der Waals surface area contributed by atoms with Crippen molar-refractivity contribution in [3.63, 3.8) is 0 Å². The van der Waals surface area contributed by atoms with Gasteiger partial charge in [0.25, 0.3) is 0 Å². The summed E-state index contributed by atoms with van der Waals surface area (Å²) in [4.78, 5) is 4.49. The van der Waals surface area contributed by atoms with Crippen molar-refractivity contribution >= 4 is 0 Å². The predicted octanol–water partition coefficient (Wildman–Crippen LogP) is 0.904. The van der Waals surface area contributed by atoms with Gasteiger partial charge in [0.2, 0.25) is 0 Å². The molecule has 102 valence electrons. The lowest BCUT2D eigenvalue weighted by Gasteiger charge is -2.33. The van der Waals surface area contributed by atoms with E-state index in [9.17, 15) is 5.26 Å². The SMILES string of the molecule is CN(C)CCN(C)CC(C#N)(NC1CC1)C1CC1. The van der Waals surface area contributed by atoms with E-state index >= 15 is 0 Å². The Bertz CT molecular complexity index is 314. The van der Waals surface area contributed by atoms with Gasteiger partial charge in [0.15, 0.2) is 0 Å². The molecule has 0 aromatic carbocycles. The minimum absolute atomic E-state index is 0.289. The third-order valence-corrected chi connectivity index (χ3v) is 3.96. The van der Waals surface area contributed by atoms with Crippen molar-refractivity contribution < 1.29 is 0 Å². The molecule has 2 fully saturated rings. The van der Waals surface area contributed by atoms with Crippen molar-refractivity contribution in [2.24, 2.45) is 5.92 Å². The highest BCUT2D eigenvalue weighted by Gasteiger charge is 2.48. The lowest BCUT2D eigenvalue weighted by molar-refractivity contribution is 0.210. The molecule has 2 rings (SSSR count). The van der Waals surface area contributed by atoms with Crippen LogP contribution in [0.2, 0.25) is 0 Å². The van der Waals surface area contributed by atoms with Crippen molar-refractivity contribution in [3.8, 4) is 6.07 Å². The Hall–Kier alpha value is -0.630. The average Bonchev–Trinajstić information content (AvgIpc) is 3.15. The smallest absolute Gasteiger partial charge is 0.122 e. The number of nitriles is 1. The Labute approximate surface area is 111 Å². The van der Waals surface area contributed by atoms with Crippen LogP contribution in [-0.2, 0) is 0 Å². The van der Waals surface area contributed by atoms with E-state index in [1.54, 1.807) is 0 Å². The molecule has 0 radical (unpaired) electrons. The van der Waals surface area contributed by atoms with Crippen molar-refractivity contribution in [1.29, 1.82) is 5.26 Å². The molecular formula is C14H26N4. The molecule has 0 aromatic heterocycles. The highest BCUT2D eigenvalue weighted by molar-refractivity contribution is 5.18. The summed E-state index contributed by atoms with van der Waals surface area (Å²) in [7, 11) is 6.32. The van der Waals surface area contributed by atoms with Gasteiger partial charge in [0.05, 0.1) is 6.07 Å². The van der Waals surface area contributed by atoms with Gasteiger partial charge >= 0.3 is 0 Å². The summed E-state index contributed by atoms with van der Waals surface area (Å²) < 4.78 is 0. The Morgan fingerprint density at radius 1 is 1.17 bits per heavy atom. The van der Waals surface area contributed by atoms with Gasteiger partial charge in [-0.25, -0.2) is 0 Å². The summed E-state index contributed by atoms with van der Waals surface area (Å²) in [6.07, 6.45) is 4.93. The molecule has 0 heterocycles. The van der Waals surface area contributed by atoms with Gasteiger partial charge in [-0.05, 0) is 52.7 Å². The van der Waals surface area contributed by atoms with Crippen LogP contribution in [-0.4, -0.2) is 62.2 Å². The summed E-state index contributed by atoms with van der Waals surface area (Å²) >= 11 is 0. The Morgan fingerprint density at radius 2 is 1.83 bits per heavy atom. The topological polar surface area (TPSA) is 42.3 Å². The van der Waals surface area contributed by atoms with Crippen LogP contribution >= 0.6 is 0 Å². The maximum absolute atomic E-state index is 9.64. The van der Waals surface area contributed by atoms with Gasteiger partial charge in [-0.3, -0.25) is 5.32 Å². The summed E-state index contributed by atoms with van der Waals surface area (Å²) in [6, 6.07) is 3.21. The Kier molecular flexibility index (Phi) is 4.26. The first-order valence-corrected chi connectivity index (χ1v) is 7.08. The summed E-state index contributed by atoms with van der Waals surface area (Å²) in [5.41, 5.74) is -0.289. The standard InChI is InChI=1S/C14H26N4/c1-17(2)8-9-18(3)11-14(10-15,12-4-5-12)16-13-6-7-13/h12-13,16H,4-9,11H2,1-3H3. The molecule has 0 amide bonds. The van der Waals surface area contributed by atoms with E-state index < -0.39 is 0 Å². The largest absolute Gasteiger partial charge is 0.308 e. The molecule has 4 nitrogen and oxygen atoms in total. The van der Waals surface area contributed by atoms with E-state index in [1.165, 1.54) is 25.7 Å². The zero-order chi connectivity index (χ0) is 13.2. The molecular weight excluding hydrogens is 224 g/mol. The number of nitrogens with one attached hydrogen (secondary N) is 1. The number of nitrogens with zero attached hydrogens (tertiary/aromatic N) is 3. The first-order chi connectivity index (χ1) is 8.55. The molecule has 1 atom stereocenters. The second kappa shape index (κ2) is 5.56. The first kappa shape index (κ1) is 13.8. The maximum atomic E-state index is 9.64. The molecule has 1 unspecified atom stereocenters. The third kappa shape index (κ3) is 3.68.